The van der Waals surface area contributed by atoms with Gasteiger partial charge >= 0.3 is 0 Å². The number of nitrogens with zero attached hydrogens (tertiary/aromatic N) is 1. The van der Waals surface area contributed by atoms with Gasteiger partial charge in [0.15, 0.2) is 0 Å². The van der Waals surface area contributed by atoms with Crippen LogP contribution in [0.3, 0.4) is 0 Å². The van der Waals surface area contributed by atoms with E-state index in [-0.39, 0.29) is 17.0 Å². The molecule has 2 aromatic rings. The lowest BCUT2D eigenvalue weighted by atomic mass is 9.78. The number of benzene rings is 2. The van der Waals surface area contributed by atoms with Crippen molar-refractivity contribution in [2.75, 3.05) is 11.9 Å². The fourth-order valence-electron chi connectivity index (χ4n) is 3.87. The first-order valence-electron chi connectivity index (χ1n) is 9.37. The average molecular weight is 434 g/mol. The lowest BCUT2D eigenvalue weighted by Crippen LogP contribution is -2.39. The molecule has 0 saturated carbocycles. The highest BCUT2D eigenvalue weighted by Crippen LogP contribution is 2.39. The van der Waals surface area contributed by atoms with E-state index >= 15 is 0 Å². The van der Waals surface area contributed by atoms with Crippen LogP contribution in [0.2, 0.25) is 10.0 Å². The van der Waals surface area contributed by atoms with Crippen LogP contribution in [0.25, 0.3) is 0 Å². The van der Waals surface area contributed by atoms with Gasteiger partial charge in [-0.25, -0.2) is 4.39 Å². The van der Waals surface area contributed by atoms with E-state index in [9.17, 15) is 14.4 Å². The van der Waals surface area contributed by atoms with Crippen LogP contribution >= 0.6 is 23.2 Å². The van der Waals surface area contributed by atoms with Gasteiger partial charge in [0.1, 0.15) is 5.82 Å². The van der Waals surface area contributed by atoms with Crippen molar-refractivity contribution in [3.63, 3.8) is 0 Å². The summed E-state index contributed by atoms with van der Waals surface area (Å²) >= 11 is 12.0. The molecule has 1 amide bonds. The Morgan fingerprint density at radius 3 is 2.72 bits per heavy atom. The van der Waals surface area contributed by atoms with Crippen molar-refractivity contribution >= 4 is 34.8 Å². The Morgan fingerprint density at radius 1 is 1.31 bits per heavy atom. The SMILES string of the molecule is CC(C)(C#N)CC1NCC(c2cccc(Cl)c2F)C1C(=O)Nc1cccc(Cl)c1. The molecule has 1 heterocycles. The molecule has 0 aromatic heterocycles. The number of amides is 1. The molecule has 0 bridgehead atoms. The van der Waals surface area contributed by atoms with Crippen molar-refractivity contribution in [1.82, 2.24) is 5.32 Å². The molecule has 2 aromatic carbocycles. The van der Waals surface area contributed by atoms with E-state index in [1.165, 1.54) is 6.07 Å². The largest absolute Gasteiger partial charge is 0.326 e. The molecule has 0 radical (unpaired) electrons. The highest BCUT2D eigenvalue weighted by Gasteiger charge is 2.44. The topological polar surface area (TPSA) is 64.9 Å². The van der Waals surface area contributed by atoms with Crippen LogP contribution in [0.5, 0.6) is 0 Å². The van der Waals surface area contributed by atoms with Gasteiger partial charge in [-0.3, -0.25) is 4.79 Å². The van der Waals surface area contributed by atoms with Crippen molar-refractivity contribution in [2.45, 2.75) is 32.2 Å². The number of hydrogen-bond acceptors (Lipinski definition) is 3. The molecule has 3 rings (SSSR count). The molecule has 4 nitrogen and oxygen atoms in total. The van der Waals surface area contributed by atoms with Crippen LogP contribution in [0, 0.1) is 28.5 Å². The Hall–Kier alpha value is -2.13. The Morgan fingerprint density at radius 2 is 2.03 bits per heavy atom. The molecule has 7 heteroatoms. The highest BCUT2D eigenvalue weighted by molar-refractivity contribution is 6.31. The number of anilines is 1. The number of nitrogens with one attached hydrogen (secondary N) is 2. The second-order valence-electron chi connectivity index (χ2n) is 7.99. The summed E-state index contributed by atoms with van der Waals surface area (Å²) in [5.41, 5.74) is 0.333. The second-order valence-corrected chi connectivity index (χ2v) is 8.83. The first kappa shape index (κ1) is 21.6. The minimum absolute atomic E-state index is 0.0253. The van der Waals surface area contributed by atoms with Crippen molar-refractivity contribution in [3.05, 3.63) is 63.9 Å². The predicted molar refractivity (Wildman–Crippen MR) is 114 cm³/mol. The van der Waals surface area contributed by atoms with Gasteiger partial charge < -0.3 is 10.6 Å². The summed E-state index contributed by atoms with van der Waals surface area (Å²) in [4.78, 5) is 13.3. The van der Waals surface area contributed by atoms with Crippen molar-refractivity contribution in [1.29, 1.82) is 5.26 Å². The molecular formula is C22H22Cl2FN3O. The normalized spacial score (nSPS) is 21.6. The number of halogens is 3. The second kappa shape index (κ2) is 8.71. The Kier molecular flexibility index (Phi) is 6.48. The van der Waals surface area contributed by atoms with Gasteiger partial charge in [-0.1, -0.05) is 41.4 Å². The van der Waals surface area contributed by atoms with Crippen LogP contribution in [0.4, 0.5) is 10.1 Å². The summed E-state index contributed by atoms with van der Waals surface area (Å²) in [5.74, 6) is -1.75. The molecule has 0 aliphatic carbocycles. The summed E-state index contributed by atoms with van der Waals surface area (Å²) in [5, 5.41) is 16.2. The summed E-state index contributed by atoms with van der Waals surface area (Å²) in [7, 11) is 0. The number of carbonyl (C=O) groups is 1. The monoisotopic (exact) mass is 433 g/mol. The van der Waals surface area contributed by atoms with Gasteiger partial charge in [0.25, 0.3) is 0 Å². The van der Waals surface area contributed by atoms with E-state index in [1.807, 2.05) is 13.8 Å². The lowest BCUT2D eigenvalue weighted by molar-refractivity contribution is -0.120. The van der Waals surface area contributed by atoms with Gasteiger partial charge in [-0.15, -0.1) is 0 Å². The number of hydrogen-bond donors (Lipinski definition) is 2. The van der Waals surface area contributed by atoms with Crippen LogP contribution < -0.4 is 10.6 Å². The van der Waals surface area contributed by atoms with Crippen LogP contribution in [-0.4, -0.2) is 18.5 Å². The van der Waals surface area contributed by atoms with Crippen LogP contribution in [0.15, 0.2) is 42.5 Å². The average Bonchev–Trinajstić information content (AvgIpc) is 3.06. The molecule has 0 spiro atoms. The summed E-state index contributed by atoms with van der Waals surface area (Å²) in [6, 6.07) is 13.7. The minimum Gasteiger partial charge on any atom is -0.326 e. The Balaban J connectivity index is 1.94. The lowest BCUT2D eigenvalue weighted by Gasteiger charge is -2.27. The van der Waals surface area contributed by atoms with E-state index in [0.29, 0.717) is 29.2 Å². The number of carbonyl (C=O) groups excluding carboxylic acids is 1. The Bertz CT molecular complexity index is 957. The predicted octanol–water partition coefficient (Wildman–Crippen LogP) is 5.38. The molecule has 1 aliphatic rings. The van der Waals surface area contributed by atoms with E-state index in [1.54, 1.807) is 36.4 Å². The first-order chi connectivity index (χ1) is 13.7. The smallest absolute Gasteiger partial charge is 0.229 e. The zero-order chi connectivity index (χ0) is 21.2. The van der Waals surface area contributed by atoms with E-state index in [4.69, 9.17) is 23.2 Å². The maximum atomic E-state index is 14.7. The van der Waals surface area contributed by atoms with Crippen LogP contribution in [-0.2, 0) is 4.79 Å². The third-order valence-corrected chi connectivity index (χ3v) is 5.80. The molecule has 3 atom stereocenters. The highest BCUT2D eigenvalue weighted by atomic mass is 35.5. The van der Waals surface area contributed by atoms with Crippen molar-refractivity contribution in [2.24, 2.45) is 11.3 Å². The number of rotatable bonds is 5. The fourth-order valence-corrected chi connectivity index (χ4v) is 4.25. The maximum Gasteiger partial charge on any atom is 0.229 e. The third kappa shape index (κ3) is 4.90. The summed E-state index contributed by atoms with van der Waals surface area (Å²) < 4.78 is 14.7. The molecule has 1 saturated heterocycles. The quantitative estimate of drug-likeness (QED) is 0.664. The third-order valence-electron chi connectivity index (χ3n) is 5.28. The van der Waals surface area contributed by atoms with Gasteiger partial charge in [0.2, 0.25) is 5.91 Å². The molecule has 1 fully saturated rings. The van der Waals surface area contributed by atoms with E-state index in [0.717, 1.165) is 0 Å². The minimum atomic E-state index is -0.631. The van der Waals surface area contributed by atoms with Crippen molar-refractivity contribution < 1.29 is 9.18 Å². The standard InChI is InChI=1S/C22H22Cl2FN3O/c1-22(2,12-26)10-18-19(21(29)28-14-6-3-5-13(23)9-14)16(11-27-18)15-7-4-8-17(24)20(15)25/h3-9,16,18-19,27H,10-11H2,1-2H3,(H,28,29). The fraction of sp³-hybridized carbons (Fsp3) is 0.364. The zero-order valence-corrected chi connectivity index (χ0v) is 17.7. The summed E-state index contributed by atoms with van der Waals surface area (Å²) in [6.07, 6.45) is 0.454. The molecular weight excluding hydrogens is 412 g/mol. The van der Waals surface area contributed by atoms with Gasteiger partial charge in [-0.2, -0.15) is 5.26 Å². The maximum absolute atomic E-state index is 14.7. The molecule has 29 heavy (non-hydrogen) atoms. The van der Waals surface area contributed by atoms with Gasteiger partial charge in [-0.05, 0) is 50.1 Å². The van der Waals surface area contributed by atoms with Crippen molar-refractivity contribution in [3.8, 4) is 6.07 Å². The molecule has 2 N–H and O–H groups in total. The first-order valence-corrected chi connectivity index (χ1v) is 10.1. The molecule has 152 valence electrons. The zero-order valence-electron chi connectivity index (χ0n) is 16.2. The van der Waals surface area contributed by atoms with Crippen LogP contribution in [0.1, 0.15) is 31.7 Å². The molecule has 1 aliphatic heterocycles. The van der Waals surface area contributed by atoms with Gasteiger partial charge in [0.05, 0.1) is 22.4 Å². The summed E-state index contributed by atoms with van der Waals surface area (Å²) in [6.45, 7) is 4.07. The molecule has 3 unspecified atom stereocenters. The Labute approximate surface area is 180 Å². The van der Waals surface area contributed by atoms with Gasteiger partial charge in [0, 0.05) is 29.2 Å². The van der Waals surface area contributed by atoms with E-state index < -0.39 is 23.1 Å². The van der Waals surface area contributed by atoms with E-state index in [2.05, 4.69) is 16.7 Å². The number of nitriles is 1.